The van der Waals surface area contributed by atoms with E-state index in [0.717, 1.165) is 0 Å². The van der Waals surface area contributed by atoms with Gasteiger partial charge in [0.05, 0.1) is 0 Å². The quantitative estimate of drug-likeness (QED) is 0.451. The van der Waals surface area contributed by atoms with E-state index >= 15 is 0 Å². The zero-order valence-electron chi connectivity index (χ0n) is 2.54. The molecule has 35 valence electrons. The molecule has 0 nitrogen and oxygen atoms in total. The molecule has 0 fully saturated rings. The van der Waals surface area contributed by atoms with Gasteiger partial charge in [-0.3, -0.25) is 0 Å². The number of halogens is 3. The van der Waals surface area contributed by atoms with Gasteiger partial charge >= 0.3 is 6.08 Å². The van der Waals surface area contributed by atoms with Gasteiger partial charge in [0.1, 0.15) is 0 Å². The highest BCUT2D eigenvalue weighted by Gasteiger charge is 1.95. The predicted octanol–water partition coefficient (Wildman–Crippen LogP) is 2.22. The van der Waals surface area contributed by atoms with Gasteiger partial charge in [-0.1, -0.05) is 0 Å². The van der Waals surface area contributed by atoms with E-state index in [-0.39, 0.29) is 0 Å². The first-order valence-electron chi connectivity index (χ1n) is 1.02. The van der Waals surface area contributed by atoms with Crippen LogP contribution < -0.4 is 0 Å². The molecule has 0 saturated heterocycles. The van der Waals surface area contributed by atoms with Crippen molar-refractivity contribution in [1.82, 2.24) is 0 Å². The van der Waals surface area contributed by atoms with Gasteiger partial charge in [-0.05, 0) is 12.6 Å². The van der Waals surface area contributed by atoms with E-state index in [1.54, 1.807) is 0 Å². The van der Waals surface area contributed by atoms with Crippen molar-refractivity contribution in [2.24, 2.45) is 0 Å². The predicted molar refractivity (Wildman–Crippen MR) is 17.9 cm³/mol. The maximum absolute atomic E-state index is 10.8. The van der Waals surface area contributed by atoms with Crippen LogP contribution in [-0.4, -0.2) is 0 Å². The lowest BCUT2D eigenvalue weighted by molar-refractivity contribution is 0.395. The van der Waals surface area contributed by atoms with Crippen LogP contribution in [0, 0.1) is 0 Å². The van der Waals surface area contributed by atoms with E-state index < -0.39 is 11.2 Å². The van der Waals surface area contributed by atoms with E-state index in [0.29, 0.717) is 0 Å². The summed E-state index contributed by atoms with van der Waals surface area (Å²) in [6, 6.07) is 0. The van der Waals surface area contributed by atoms with Gasteiger partial charge in [-0.2, -0.15) is 13.2 Å². The molecule has 0 rings (SSSR count). The second-order valence-electron chi connectivity index (χ2n) is 0.534. The summed E-state index contributed by atoms with van der Waals surface area (Å²) in [7, 11) is 0. The molecular formula is C2F3S. The van der Waals surface area contributed by atoms with E-state index in [2.05, 4.69) is 12.6 Å². The summed E-state index contributed by atoms with van der Waals surface area (Å²) >= 11 is 3.37. The number of hydrogen-bond acceptors (Lipinski definition) is 0. The van der Waals surface area contributed by atoms with Crippen molar-refractivity contribution < 1.29 is 13.2 Å². The van der Waals surface area contributed by atoms with E-state index in [1.165, 1.54) is 0 Å². The minimum atomic E-state index is -2.43. The van der Waals surface area contributed by atoms with Gasteiger partial charge in [0.2, 0.25) is 0 Å². The van der Waals surface area contributed by atoms with E-state index in [4.69, 9.17) is 0 Å². The Hall–Kier alpha value is -0.250. The summed E-state index contributed by atoms with van der Waals surface area (Å²) in [5.74, 6) is 0. The SMILES string of the molecule is FC(F)=C(F)[S]. The molecule has 6 heavy (non-hydrogen) atoms. The Balaban J connectivity index is 3.68. The molecule has 1 radical (unpaired) electrons. The molecule has 0 aromatic carbocycles. The molecule has 0 bridgehead atoms. The topological polar surface area (TPSA) is 0 Å². The minimum absolute atomic E-state index is 1.82. The fourth-order valence-corrected chi connectivity index (χ4v) is 0. The first-order chi connectivity index (χ1) is 2.64. The molecule has 0 atom stereocenters. The van der Waals surface area contributed by atoms with Crippen LogP contribution in [0.3, 0.4) is 0 Å². The van der Waals surface area contributed by atoms with Crippen molar-refractivity contribution in [1.29, 1.82) is 0 Å². The lowest BCUT2D eigenvalue weighted by Crippen LogP contribution is -1.54. The van der Waals surface area contributed by atoms with Crippen LogP contribution in [0.15, 0.2) is 11.2 Å². The molecule has 0 aliphatic carbocycles. The van der Waals surface area contributed by atoms with Crippen LogP contribution in [0.5, 0.6) is 0 Å². The molecule has 0 unspecified atom stereocenters. The lowest BCUT2D eigenvalue weighted by atomic mass is 11.1. The molecule has 4 heteroatoms. The molecule has 0 heterocycles. The van der Waals surface area contributed by atoms with Crippen LogP contribution in [0.25, 0.3) is 0 Å². The summed E-state index contributed by atoms with van der Waals surface area (Å²) in [6.45, 7) is 0. The average Bonchev–Trinajstić information content (AvgIpc) is 1.36. The number of rotatable bonds is 0. The van der Waals surface area contributed by atoms with Gasteiger partial charge in [-0.15, -0.1) is 0 Å². The lowest BCUT2D eigenvalue weighted by Gasteiger charge is -1.70. The minimum Gasteiger partial charge on any atom is -0.188 e. The summed E-state index contributed by atoms with van der Waals surface area (Å²) in [5.41, 5.74) is 0. The Morgan fingerprint density at radius 3 is 1.33 bits per heavy atom. The molecule has 0 amide bonds. The van der Waals surface area contributed by atoms with Gasteiger partial charge in [0.15, 0.2) is 0 Å². The van der Waals surface area contributed by atoms with Gasteiger partial charge in [-0.25, -0.2) is 0 Å². The third-order valence-electron chi connectivity index (χ3n) is 0.149. The van der Waals surface area contributed by atoms with Crippen LogP contribution >= 0.6 is 12.6 Å². The summed E-state index contributed by atoms with van der Waals surface area (Å²) < 4.78 is 31.9. The van der Waals surface area contributed by atoms with Crippen LogP contribution in [0.2, 0.25) is 0 Å². The zero-order chi connectivity index (χ0) is 5.15. The highest BCUT2D eigenvalue weighted by atomic mass is 32.1. The normalized spacial score (nSPS) is 7.83. The zero-order valence-corrected chi connectivity index (χ0v) is 3.36. The summed E-state index contributed by atoms with van der Waals surface area (Å²) in [4.78, 5) is 0. The van der Waals surface area contributed by atoms with Crippen molar-refractivity contribution in [3.8, 4) is 0 Å². The first-order valence-corrected chi connectivity index (χ1v) is 1.43. The van der Waals surface area contributed by atoms with Crippen molar-refractivity contribution in [2.75, 3.05) is 0 Å². The van der Waals surface area contributed by atoms with Crippen LogP contribution in [0.1, 0.15) is 0 Å². The van der Waals surface area contributed by atoms with Crippen molar-refractivity contribution in [3.05, 3.63) is 11.2 Å². The van der Waals surface area contributed by atoms with Crippen molar-refractivity contribution >= 4 is 12.6 Å². The Labute approximate surface area is 38.1 Å². The standard InChI is InChI=1S/C2F3S/c3-1(4)2(5)6. The van der Waals surface area contributed by atoms with Gasteiger partial charge < -0.3 is 0 Å². The first kappa shape index (κ1) is 5.75. The maximum atomic E-state index is 10.8. The Morgan fingerprint density at radius 1 is 1.17 bits per heavy atom. The number of hydrogen-bond donors (Lipinski definition) is 0. The molecule has 0 N–H and O–H groups in total. The average molecular weight is 113 g/mol. The van der Waals surface area contributed by atoms with Gasteiger partial charge in [0.25, 0.3) is 5.16 Å². The highest BCUT2D eigenvalue weighted by molar-refractivity contribution is 7.84. The van der Waals surface area contributed by atoms with Crippen molar-refractivity contribution in [3.63, 3.8) is 0 Å². The molecule has 0 aromatic heterocycles. The third kappa shape index (κ3) is 2.02. The monoisotopic (exact) mass is 113 g/mol. The molecule has 0 saturated carbocycles. The van der Waals surface area contributed by atoms with Crippen LogP contribution in [-0.2, 0) is 0 Å². The van der Waals surface area contributed by atoms with E-state index in [9.17, 15) is 13.2 Å². The summed E-state index contributed by atoms with van der Waals surface area (Å²) in [5, 5.41) is -1.82. The molecule has 0 aromatic rings. The molecule has 0 aliphatic rings. The molecule has 0 spiro atoms. The smallest absolute Gasteiger partial charge is 0.188 e. The second-order valence-corrected chi connectivity index (χ2v) is 0.893. The fourth-order valence-electron chi connectivity index (χ4n) is 0. The van der Waals surface area contributed by atoms with Gasteiger partial charge in [0, 0.05) is 0 Å². The summed E-state index contributed by atoms with van der Waals surface area (Å²) in [6.07, 6.45) is -2.43. The van der Waals surface area contributed by atoms with Crippen molar-refractivity contribution in [2.45, 2.75) is 0 Å². The fraction of sp³-hybridized carbons (Fsp3) is 0. The Kier molecular flexibility index (Phi) is 1.94. The third-order valence-corrected chi connectivity index (χ3v) is 0.303. The Bertz CT molecular complexity index is 58.9. The molecule has 0 aliphatic heterocycles. The van der Waals surface area contributed by atoms with Crippen LogP contribution in [0.4, 0.5) is 13.2 Å². The second kappa shape index (κ2) is 2.02. The highest BCUT2D eigenvalue weighted by Crippen LogP contribution is 2.10. The largest absolute Gasteiger partial charge is 0.316 e. The Morgan fingerprint density at radius 2 is 1.33 bits per heavy atom. The maximum Gasteiger partial charge on any atom is 0.316 e. The molecular weight excluding hydrogens is 113 g/mol. The van der Waals surface area contributed by atoms with E-state index in [1.807, 2.05) is 0 Å².